The van der Waals surface area contributed by atoms with E-state index < -0.39 is 22.8 Å². The van der Waals surface area contributed by atoms with Gasteiger partial charge in [0.05, 0.1) is 12.8 Å². The zero-order chi connectivity index (χ0) is 41.2. The molecule has 55 heavy (non-hydrogen) atoms. The summed E-state index contributed by atoms with van der Waals surface area (Å²) in [5.74, 6) is 1.56. The van der Waals surface area contributed by atoms with Gasteiger partial charge in [0, 0.05) is 41.4 Å². The molecule has 1 unspecified atom stereocenters. The van der Waals surface area contributed by atoms with Crippen LogP contribution in [-0.2, 0) is 9.59 Å². The number of nitro groups is 4. The average Bonchev–Trinajstić information content (AvgIpc) is 3.66. The van der Waals surface area contributed by atoms with Crippen LogP contribution in [0.25, 0.3) is 0 Å². The molecular weight excluding hydrogens is 716 g/mol. The highest BCUT2D eigenvalue weighted by Gasteiger charge is 2.57. The van der Waals surface area contributed by atoms with Gasteiger partial charge in [0.25, 0.3) is 0 Å². The molecule has 16 nitrogen and oxygen atoms in total. The van der Waals surface area contributed by atoms with Gasteiger partial charge in [-0.3, -0.25) is 50.0 Å². The molecule has 0 amide bonds. The van der Waals surface area contributed by atoms with Gasteiger partial charge in [0.1, 0.15) is 0 Å². The lowest BCUT2D eigenvalue weighted by molar-refractivity contribution is -0.507. The maximum Gasteiger partial charge on any atom is 0.304 e. The molecule has 0 spiro atoms. The van der Waals surface area contributed by atoms with Crippen molar-refractivity contribution in [2.24, 2.45) is 57.2 Å². The van der Waals surface area contributed by atoms with Crippen molar-refractivity contribution < 1.29 is 39.5 Å². The molecule has 314 valence electrons. The van der Waals surface area contributed by atoms with E-state index in [1.807, 2.05) is 13.8 Å². The molecule has 6 saturated carbocycles. The van der Waals surface area contributed by atoms with Gasteiger partial charge in [0.2, 0.25) is 26.2 Å². The third-order valence-corrected chi connectivity index (χ3v) is 14.8. The van der Waals surface area contributed by atoms with E-state index in [1.165, 1.54) is 38.5 Å². The molecule has 16 heteroatoms. The maximum absolute atomic E-state index is 10.8. The summed E-state index contributed by atoms with van der Waals surface area (Å²) in [7, 11) is 0. The molecule has 6 aliphatic rings. The molecule has 2 N–H and O–H groups in total. The van der Waals surface area contributed by atoms with Crippen LogP contribution in [0.5, 0.6) is 0 Å². The largest absolute Gasteiger partial charge is 0.481 e. The lowest BCUT2D eigenvalue weighted by atomic mass is 9.54. The second kappa shape index (κ2) is 19.6. The minimum Gasteiger partial charge on any atom is -0.481 e. The van der Waals surface area contributed by atoms with Crippen molar-refractivity contribution in [1.29, 1.82) is 0 Å². The van der Waals surface area contributed by atoms with E-state index >= 15 is 0 Å². The SMILES string of the molecule is CCC1(C[N+](=O)[O-])CCCCC1.CC[C@@]1(C[N+](=O)[O-])C[C@H]2CCC[C@H]21.C[C@H]1CC(CC(=O)O)(C[N+](=O)[O-])C[C@@H]1C.O=C(O)CC1(C[N+](=O)[O-])C[C@H]2CC[C@H]2C1. The fraction of sp³-hybridized carbons (Fsp3) is 0.949. The van der Waals surface area contributed by atoms with Crippen molar-refractivity contribution in [2.75, 3.05) is 26.2 Å². The molecular formula is C39H66N4O12. The Bertz CT molecular complexity index is 1260. The highest BCUT2D eigenvalue weighted by atomic mass is 16.6. The Balaban J connectivity index is 0.000000198. The minimum atomic E-state index is -0.932. The lowest BCUT2D eigenvalue weighted by Gasteiger charge is -2.49. The number of nitrogens with zero attached hydrogens (tertiary/aromatic N) is 4. The number of hydrogen-bond donors (Lipinski definition) is 2. The molecule has 0 heterocycles. The second-order valence-electron chi connectivity index (χ2n) is 18.6. The first-order chi connectivity index (χ1) is 25.7. The van der Waals surface area contributed by atoms with Crippen LogP contribution in [0.1, 0.15) is 150 Å². The van der Waals surface area contributed by atoms with Gasteiger partial charge in [0.15, 0.2) is 0 Å². The molecule has 0 saturated heterocycles. The average molecular weight is 783 g/mol. The zero-order valence-corrected chi connectivity index (χ0v) is 33.5. The fourth-order valence-corrected chi connectivity index (χ4v) is 11.8. The van der Waals surface area contributed by atoms with Crippen LogP contribution in [0.15, 0.2) is 0 Å². The fourth-order valence-electron chi connectivity index (χ4n) is 11.8. The number of hydrogen-bond acceptors (Lipinski definition) is 10. The van der Waals surface area contributed by atoms with E-state index in [0.29, 0.717) is 42.4 Å². The second-order valence-corrected chi connectivity index (χ2v) is 18.6. The first-order valence-corrected chi connectivity index (χ1v) is 20.6. The van der Waals surface area contributed by atoms with Crippen molar-refractivity contribution >= 4 is 11.9 Å². The number of rotatable bonds is 14. The molecule has 6 aliphatic carbocycles. The molecule has 0 bridgehead atoms. The van der Waals surface area contributed by atoms with Crippen molar-refractivity contribution in [1.82, 2.24) is 0 Å². The Labute approximate surface area is 324 Å². The summed E-state index contributed by atoms with van der Waals surface area (Å²) in [6.07, 6.45) is 17.6. The topological polar surface area (TPSA) is 247 Å². The van der Waals surface area contributed by atoms with Gasteiger partial charge in [-0.15, -0.1) is 0 Å². The molecule has 0 radical (unpaired) electrons. The summed E-state index contributed by atoms with van der Waals surface area (Å²) in [5, 5.41) is 59.8. The first-order valence-electron chi connectivity index (χ1n) is 20.6. The molecule has 8 atom stereocenters. The maximum atomic E-state index is 10.8. The smallest absolute Gasteiger partial charge is 0.304 e. The summed E-state index contributed by atoms with van der Waals surface area (Å²) >= 11 is 0. The summed E-state index contributed by atoms with van der Waals surface area (Å²) in [5.41, 5.74) is -1.04. The number of fused-ring (bicyclic) bond motifs is 2. The first kappa shape index (κ1) is 45.9. The van der Waals surface area contributed by atoms with Crippen LogP contribution in [0.3, 0.4) is 0 Å². The minimum absolute atomic E-state index is 0.0407. The highest BCUT2D eigenvalue weighted by molar-refractivity contribution is 5.68. The van der Waals surface area contributed by atoms with Gasteiger partial charge in [-0.25, -0.2) is 0 Å². The van der Waals surface area contributed by atoms with Crippen LogP contribution in [0, 0.1) is 97.6 Å². The molecule has 6 rings (SSSR count). The van der Waals surface area contributed by atoms with Crippen LogP contribution in [0.4, 0.5) is 0 Å². The van der Waals surface area contributed by atoms with E-state index in [2.05, 4.69) is 13.8 Å². The number of carbonyl (C=O) groups is 2. The van der Waals surface area contributed by atoms with Crippen LogP contribution >= 0.6 is 0 Å². The Kier molecular flexibility index (Phi) is 16.4. The van der Waals surface area contributed by atoms with Gasteiger partial charge in [-0.1, -0.05) is 59.8 Å². The van der Waals surface area contributed by atoms with Gasteiger partial charge < -0.3 is 10.2 Å². The molecule has 0 aromatic carbocycles. The van der Waals surface area contributed by atoms with Gasteiger partial charge in [-0.05, 0) is 113 Å². The Hall–Kier alpha value is -3.46. The highest BCUT2D eigenvalue weighted by Crippen LogP contribution is 2.61. The van der Waals surface area contributed by atoms with Crippen molar-refractivity contribution in [2.45, 2.75) is 150 Å². The quantitative estimate of drug-likeness (QED) is 0.124. The predicted molar refractivity (Wildman–Crippen MR) is 204 cm³/mol. The van der Waals surface area contributed by atoms with Crippen LogP contribution < -0.4 is 0 Å². The molecule has 0 aliphatic heterocycles. The summed E-state index contributed by atoms with van der Waals surface area (Å²) in [6.45, 7) is 8.27. The normalized spacial score (nSPS) is 33.2. The Morgan fingerprint density at radius 1 is 0.545 bits per heavy atom. The van der Waals surface area contributed by atoms with Crippen molar-refractivity contribution in [3.05, 3.63) is 40.5 Å². The molecule has 0 aromatic rings. The van der Waals surface area contributed by atoms with Crippen molar-refractivity contribution in [3.63, 3.8) is 0 Å². The number of carboxylic acid groups (broad SMARTS) is 2. The van der Waals surface area contributed by atoms with E-state index in [0.717, 1.165) is 63.7 Å². The van der Waals surface area contributed by atoms with Crippen LogP contribution in [0.2, 0.25) is 0 Å². The van der Waals surface area contributed by atoms with E-state index in [4.69, 9.17) is 10.2 Å². The van der Waals surface area contributed by atoms with Crippen molar-refractivity contribution in [3.8, 4) is 0 Å². The van der Waals surface area contributed by atoms with Gasteiger partial charge in [-0.2, -0.15) is 0 Å². The summed E-state index contributed by atoms with van der Waals surface area (Å²) in [4.78, 5) is 62.6. The third kappa shape index (κ3) is 12.8. The van der Waals surface area contributed by atoms with E-state index in [1.54, 1.807) is 0 Å². The molecule has 0 aromatic heterocycles. The Morgan fingerprint density at radius 2 is 0.982 bits per heavy atom. The number of aliphatic carboxylic acids is 2. The lowest BCUT2D eigenvalue weighted by Crippen LogP contribution is -2.49. The zero-order valence-electron chi connectivity index (χ0n) is 33.5. The third-order valence-electron chi connectivity index (χ3n) is 14.8. The van der Waals surface area contributed by atoms with E-state index in [-0.39, 0.29) is 69.5 Å². The van der Waals surface area contributed by atoms with Crippen LogP contribution in [-0.4, -0.2) is 68.0 Å². The standard InChI is InChI=1S/C10H15NO4.C10H17NO4.C10H17NO2.C9H17NO2/c12-9(13)5-10(6-11(14)15)3-7-1-2-8(7)4-10;1-7-3-10(4-8(7)2,5-9(12)13)6-11(14)15;1-2-10(7-11(12)13)6-8-4-3-5-9(8)10;1-2-9(8-10(11)12)6-4-3-5-7-9/h7-8H,1-6H2,(H,12,13);7-8H,3-6H2,1-2H3,(H,12,13);8-9H,2-7H2,1H3;2-8H2,1H3/t7-,8+,10?;7-,8-;8-,9-,10+;/m.01./s1. The monoisotopic (exact) mass is 782 g/mol. The van der Waals surface area contributed by atoms with Gasteiger partial charge >= 0.3 is 11.9 Å². The predicted octanol–water partition coefficient (Wildman–Crippen LogP) is 8.44. The number of carboxylic acids is 2. The molecule has 6 fully saturated rings. The Morgan fingerprint density at radius 3 is 1.35 bits per heavy atom. The summed E-state index contributed by atoms with van der Waals surface area (Å²) < 4.78 is 0. The summed E-state index contributed by atoms with van der Waals surface area (Å²) in [6, 6.07) is 0. The van der Waals surface area contributed by atoms with E-state index in [9.17, 15) is 50.0 Å².